The molecule has 2 saturated carbocycles. The molecule has 0 spiro atoms. The standard InChI is InChI=1S/C24H37N3O5S/c1-16-7-3-4-8-18-15-24(18,23(30)26-33(31,32)19-9-5-10-19)25-22(29)20-11-6-12-27(20)21(28)14-17(2)13-16/h4,8,16-20H,3,5-7,9-15H2,1-2H3,(H,25,29)(H,26,30). The van der Waals surface area contributed by atoms with Crippen molar-refractivity contribution in [1.82, 2.24) is 14.9 Å². The van der Waals surface area contributed by atoms with Gasteiger partial charge in [-0.2, -0.15) is 0 Å². The predicted molar refractivity (Wildman–Crippen MR) is 124 cm³/mol. The van der Waals surface area contributed by atoms with Gasteiger partial charge in [-0.05, 0) is 63.2 Å². The smallest absolute Gasteiger partial charge is 0.259 e. The quantitative estimate of drug-likeness (QED) is 0.603. The Bertz CT molecular complexity index is 928. The number of rotatable bonds is 3. The molecule has 0 aromatic carbocycles. The molecule has 2 N–H and O–H groups in total. The highest BCUT2D eigenvalue weighted by atomic mass is 32.2. The zero-order chi connectivity index (χ0) is 23.8. The number of sulfonamides is 1. The molecular formula is C24H37N3O5S. The number of amides is 3. The van der Waals surface area contributed by atoms with E-state index in [1.807, 2.05) is 12.2 Å². The molecule has 0 radical (unpaired) electrons. The van der Waals surface area contributed by atoms with Crippen LogP contribution in [0.4, 0.5) is 0 Å². The number of carbonyl (C=O) groups is 3. The van der Waals surface area contributed by atoms with Gasteiger partial charge in [0.15, 0.2) is 0 Å². The Morgan fingerprint density at radius 2 is 1.88 bits per heavy atom. The van der Waals surface area contributed by atoms with Gasteiger partial charge < -0.3 is 10.2 Å². The molecule has 1 saturated heterocycles. The molecule has 2 aliphatic heterocycles. The summed E-state index contributed by atoms with van der Waals surface area (Å²) in [4.78, 5) is 41.1. The zero-order valence-electron chi connectivity index (χ0n) is 19.7. The van der Waals surface area contributed by atoms with Crippen LogP contribution in [-0.4, -0.2) is 54.4 Å². The SMILES string of the molecule is CC1CCC=CC2CC2(C(=O)NS(=O)(=O)C2CCC2)NC(=O)C2CCCN2C(=O)CC(C)C1. The van der Waals surface area contributed by atoms with Crippen LogP contribution >= 0.6 is 0 Å². The maximum absolute atomic E-state index is 13.3. The van der Waals surface area contributed by atoms with E-state index in [9.17, 15) is 22.8 Å². The highest BCUT2D eigenvalue weighted by molar-refractivity contribution is 7.90. The van der Waals surface area contributed by atoms with Gasteiger partial charge in [-0.25, -0.2) is 8.42 Å². The van der Waals surface area contributed by atoms with Crippen molar-refractivity contribution < 1.29 is 22.8 Å². The Morgan fingerprint density at radius 3 is 2.58 bits per heavy atom. The first kappa shape index (κ1) is 24.2. The second-order valence-corrected chi connectivity index (χ2v) is 12.7. The van der Waals surface area contributed by atoms with Crippen molar-refractivity contribution in [3.05, 3.63) is 12.2 Å². The minimum Gasteiger partial charge on any atom is -0.339 e. The molecule has 4 rings (SSSR count). The van der Waals surface area contributed by atoms with Crippen LogP contribution < -0.4 is 10.0 Å². The van der Waals surface area contributed by atoms with E-state index in [4.69, 9.17) is 0 Å². The normalized spacial score (nSPS) is 36.0. The number of hydrogen-bond donors (Lipinski definition) is 2. The van der Waals surface area contributed by atoms with Crippen molar-refractivity contribution in [3.63, 3.8) is 0 Å². The summed E-state index contributed by atoms with van der Waals surface area (Å²) in [6, 6.07) is -0.606. The van der Waals surface area contributed by atoms with Gasteiger partial charge in [-0.15, -0.1) is 0 Å². The van der Waals surface area contributed by atoms with Crippen molar-refractivity contribution in [2.45, 2.75) is 94.9 Å². The van der Waals surface area contributed by atoms with Gasteiger partial charge in [0.25, 0.3) is 5.91 Å². The summed E-state index contributed by atoms with van der Waals surface area (Å²) in [5, 5.41) is 2.35. The summed E-state index contributed by atoms with van der Waals surface area (Å²) in [5.74, 6) is -0.560. The topological polar surface area (TPSA) is 113 Å². The summed E-state index contributed by atoms with van der Waals surface area (Å²) in [6.07, 6.45) is 10.8. The molecule has 2 aliphatic carbocycles. The number of nitrogens with one attached hydrogen (secondary N) is 2. The molecule has 2 heterocycles. The van der Waals surface area contributed by atoms with Crippen LogP contribution in [0, 0.1) is 17.8 Å². The molecule has 4 aliphatic rings. The Morgan fingerprint density at radius 1 is 1.12 bits per heavy atom. The van der Waals surface area contributed by atoms with E-state index in [2.05, 4.69) is 23.9 Å². The fourth-order valence-electron chi connectivity index (χ4n) is 5.55. The first-order chi connectivity index (χ1) is 15.6. The lowest BCUT2D eigenvalue weighted by atomic mass is 9.91. The lowest BCUT2D eigenvalue weighted by Gasteiger charge is -2.29. The van der Waals surface area contributed by atoms with E-state index in [0.29, 0.717) is 44.6 Å². The Balaban J connectivity index is 1.56. The largest absolute Gasteiger partial charge is 0.339 e. The number of hydrogen-bond acceptors (Lipinski definition) is 5. The van der Waals surface area contributed by atoms with Crippen LogP contribution in [0.5, 0.6) is 0 Å². The van der Waals surface area contributed by atoms with Crippen LogP contribution in [0.3, 0.4) is 0 Å². The molecule has 9 heteroatoms. The van der Waals surface area contributed by atoms with E-state index in [-0.39, 0.29) is 23.7 Å². The Labute approximate surface area is 197 Å². The Kier molecular flexibility index (Phi) is 6.90. The van der Waals surface area contributed by atoms with Gasteiger partial charge in [-0.1, -0.05) is 32.4 Å². The van der Waals surface area contributed by atoms with Gasteiger partial charge in [0, 0.05) is 18.9 Å². The van der Waals surface area contributed by atoms with Crippen LogP contribution in [-0.2, 0) is 24.4 Å². The third-order valence-electron chi connectivity index (χ3n) is 7.89. The molecule has 5 unspecified atom stereocenters. The van der Waals surface area contributed by atoms with E-state index in [1.54, 1.807) is 4.90 Å². The maximum Gasteiger partial charge on any atom is 0.259 e. The summed E-state index contributed by atoms with van der Waals surface area (Å²) >= 11 is 0. The highest BCUT2D eigenvalue weighted by Crippen LogP contribution is 2.46. The molecule has 3 amide bonds. The van der Waals surface area contributed by atoms with Gasteiger partial charge in [0.1, 0.15) is 11.6 Å². The van der Waals surface area contributed by atoms with Crippen molar-refractivity contribution in [1.29, 1.82) is 0 Å². The third kappa shape index (κ3) is 5.12. The second kappa shape index (κ2) is 9.39. The highest BCUT2D eigenvalue weighted by Gasteiger charge is 2.61. The summed E-state index contributed by atoms with van der Waals surface area (Å²) < 4.78 is 27.4. The monoisotopic (exact) mass is 479 g/mol. The minimum absolute atomic E-state index is 0.0150. The van der Waals surface area contributed by atoms with Crippen LogP contribution in [0.15, 0.2) is 12.2 Å². The van der Waals surface area contributed by atoms with E-state index in [1.165, 1.54) is 0 Å². The molecule has 0 aromatic rings. The van der Waals surface area contributed by atoms with E-state index in [0.717, 1.165) is 32.1 Å². The lowest BCUT2D eigenvalue weighted by molar-refractivity contribution is -0.140. The summed E-state index contributed by atoms with van der Waals surface area (Å²) in [6.45, 7) is 4.82. The van der Waals surface area contributed by atoms with Crippen LogP contribution in [0.2, 0.25) is 0 Å². The van der Waals surface area contributed by atoms with Gasteiger partial charge in [-0.3, -0.25) is 19.1 Å². The van der Waals surface area contributed by atoms with Gasteiger partial charge in [0.05, 0.1) is 5.25 Å². The van der Waals surface area contributed by atoms with E-state index < -0.39 is 32.8 Å². The van der Waals surface area contributed by atoms with Crippen molar-refractivity contribution >= 4 is 27.7 Å². The molecule has 3 fully saturated rings. The number of fused-ring (bicyclic) bond motifs is 2. The average Bonchev–Trinajstić information content (AvgIpc) is 3.14. The predicted octanol–water partition coefficient (Wildman–Crippen LogP) is 2.25. The minimum atomic E-state index is -3.75. The fraction of sp³-hybridized carbons (Fsp3) is 0.792. The Hall–Kier alpha value is -1.90. The molecule has 0 bridgehead atoms. The van der Waals surface area contributed by atoms with Gasteiger partial charge in [0.2, 0.25) is 21.8 Å². The molecule has 184 valence electrons. The maximum atomic E-state index is 13.3. The van der Waals surface area contributed by atoms with Crippen molar-refractivity contribution in [2.24, 2.45) is 17.8 Å². The average molecular weight is 480 g/mol. The van der Waals surface area contributed by atoms with Gasteiger partial charge >= 0.3 is 0 Å². The molecule has 33 heavy (non-hydrogen) atoms. The lowest BCUT2D eigenvalue weighted by Crippen LogP contribution is -2.57. The number of carbonyl (C=O) groups excluding carboxylic acids is 3. The number of allylic oxidation sites excluding steroid dienone is 1. The van der Waals surface area contributed by atoms with Crippen molar-refractivity contribution in [3.8, 4) is 0 Å². The summed E-state index contributed by atoms with van der Waals surface area (Å²) in [5.41, 5.74) is -1.26. The third-order valence-corrected chi connectivity index (χ3v) is 9.71. The molecule has 8 nitrogen and oxygen atoms in total. The van der Waals surface area contributed by atoms with Crippen LogP contribution in [0.1, 0.15) is 78.1 Å². The molecule has 0 aromatic heterocycles. The second-order valence-electron chi connectivity index (χ2n) is 10.7. The summed E-state index contributed by atoms with van der Waals surface area (Å²) in [7, 11) is -3.75. The zero-order valence-corrected chi connectivity index (χ0v) is 20.5. The fourth-order valence-corrected chi connectivity index (χ4v) is 7.11. The molecular weight excluding hydrogens is 442 g/mol. The van der Waals surface area contributed by atoms with E-state index >= 15 is 0 Å². The first-order valence-corrected chi connectivity index (χ1v) is 14.0. The van der Waals surface area contributed by atoms with Crippen LogP contribution in [0.25, 0.3) is 0 Å². The van der Waals surface area contributed by atoms with Crippen molar-refractivity contribution in [2.75, 3.05) is 6.54 Å². The first-order valence-electron chi connectivity index (χ1n) is 12.5. The molecule has 5 atom stereocenters. The number of nitrogens with zero attached hydrogens (tertiary/aromatic N) is 1.